The summed E-state index contributed by atoms with van der Waals surface area (Å²) in [5, 5.41) is 13.9. The molecule has 1 atom stereocenters. The van der Waals surface area contributed by atoms with Gasteiger partial charge < -0.3 is 11.1 Å². The molecule has 1 amide bonds. The predicted molar refractivity (Wildman–Crippen MR) is 75.3 cm³/mol. The molecule has 1 aliphatic heterocycles. The first-order valence-electron chi connectivity index (χ1n) is 6.52. The molecule has 0 saturated carbocycles. The number of likely N-dealkylation sites (tertiary alicyclic amines) is 1. The summed E-state index contributed by atoms with van der Waals surface area (Å²) < 4.78 is 0. The Morgan fingerprint density at radius 1 is 1.60 bits per heavy atom. The van der Waals surface area contributed by atoms with Crippen LogP contribution in [0.2, 0.25) is 0 Å². The number of amides is 1. The Balaban J connectivity index is 2.27. The molecule has 1 heterocycles. The van der Waals surface area contributed by atoms with E-state index in [1.165, 1.54) is 6.07 Å². The molecule has 0 aliphatic carbocycles. The zero-order valence-electron chi connectivity index (χ0n) is 11.3. The molecular formula is C13H18N4O3. The van der Waals surface area contributed by atoms with Crippen molar-refractivity contribution in [3.05, 3.63) is 33.9 Å². The monoisotopic (exact) mass is 278 g/mol. The average Bonchev–Trinajstić information content (AvgIpc) is 2.86. The fourth-order valence-electron chi connectivity index (χ4n) is 2.72. The number of para-hydroxylation sites is 1. The molecule has 1 aliphatic rings. The van der Waals surface area contributed by atoms with Crippen molar-refractivity contribution in [3.63, 3.8) is 0 Å². The fourth-order valence-corrected chi connectivity index (χ4v) is 2.72. The molecule has 0 bridgehead atoms. The lowest BCUT2D eigenvalue weighted by Crippen LogP contribution is -2.39. The number of hydrogen-bond acceptors (Lipinski definition) is 5. The molecule has 1 aromatic rings. The van der Waals surface area contributed by atoms with Gasteiger partial charge in [-0.1, -0.05) is 12.1 Å². The van der Waals surface area contributed by atoms with Crippen LogP contribution in [0, 0.1) is 10.1 Å². The summed E-state index contributed by atoms with van der Waals surface area (Å²) in [6.45, 7) is 1.25. The summed E-state index contributed by atoms with van der Waals surface area (Å²) in [5.74, 6) is -0.334. The van der Waals surface area contributed by atoms with Crippen molar-refractivity contribution < 1.29 is 9.72 Å². The summed E-state index contributed by atoms with van der Waals surface area (Å²) in [6.07, 6.45) is 1.66. The van der Waals surface area contributed by atoms with Crippen molar-refractivity contribution in [2.45, 2.75) is 25.4 Å². The van der Waals surface area contributed by atoms with Gasteiger partial charge >= 0.3 is 0 Å². The molecular weight excluding hydrogens is 260 g/mol. The third kappa shape index (κ3) is 2.72. The number of carbonyl (C=O) groups is 1. The van der Waals surface area contributed by atoms with E-state index in [-0.39, 0.29) is 17.6 Å². The van der Waals surface area contributed by atoms with Crippen molar-refractivity contribution in [2.24, 2.45) is 5.73 Å². The van der Waals surface area contributed by atoms with Crippen LogP contribution in [0.5, 0.6) is 0 Å². The van der Waals surface area contributed by atoms with E-state index in [2.05, 4.69) is 5.32 Å². The number of hydrogen-bond donors (Lipinski definition) is 2. The minimum Gasteiger partial charge on any atom is -0.382 e. The van der Waals surface area contributed by atoms with Gasteiger partial charge in [-0.2, -0.15) is 0 Å². The van der Waals surface area contributed by atoms with Crippen molar-refractivity contribution >= 4 is 17.3 Å². The minimum absolute atomic E-state index is 0.0415. The SMILES string of the molecule is CNc1c(CN2CCCC2C(N)=O)cccc1[N+](=O)[O-]. The quantitative estimate of drug-likeness (QED) is 0.620. The van der Waals surface area contributed by atoms with Crippen LogP contribution in [-0.4, -0.2) is 35.4 Å². The first-order chi connectivity index (χ1) is 9.54. The Kier molecular flexibility index (Phi) is 4.19. The van der Waals surface area contributed by atoms with Crippen LogP contribution in [0.25, 0.3) is 0 Å². The van der Waals surface area contributed by atoms with E-state index in [9.17, 15) is 14.9 Å². The number of nitro groups is 1. The molecule has 20 heavy (non-hydrogen) atoms. The van der Waals surface area contributed by atoms with Gasteiger partial charge in [-0.15, -0.1) is 0 Å². The van der Waals surface area contributed by atoms with Gasteiger partial charge in [-0.3, -0.25) is 19.8 Å². The smallest absolute Gasteiger partial charge is 0.292 e. The number of anilines is 1. The Morgan fingerprint density at radius 3 is 2.95 bits per heavy atom. The second-order valence-electron chi connectivity index (χ2n) is 4.85. The van der Waals surface area contributed by atoms with E-state index >= 15 is 0 Å². The number of nitrogens with one attached hydrogen (secondary N) is 1. The first kappa shape index (κ1) is 14.3. The van der Waals surface area contributed by atoms with Gasteiger partial charge in [0.25, 0.3) is 5.69 Å². The maximum Gasteiger partial charge on any atom is 0.292 e. The van der Waals surface area contributed by atoms with Crippen LogP contribution in [0.3, 0.4) is 0 Å². The van der Waals surface area contributed by atoms with Crippen molar-refractivity contribution in [1.82, 2.24) is 4.90 Å². The molecule has 1 aromatic carbocycles. The fraction of sp³-hybridized carbons (Fsp3) is 0.462. The van der Waals surface area contributed by atoms with Gasteiger partial charge in [-0.05, 0) is 24.9 Å². The maximum atomic E-state index is 11.4. The van der Waals surface area contributed by atoms with Gasteiger partial charge in [0.05, 0.1) is 11.0 Å². The van der Waals surface area contributed by atoms with Gasteiger partial charge in [0, 0.05) is 19.7 Å². The standard InChI is InChI=1S/C13H18N4O3/c1-15-12-9(4-2-5-10(12)17(19)20)8-16-7-3-6-11(16)13(14)18/h2,4-5,11,15H,3,6-8H2,1H3,(H2,14,18). The zero-order valence-corrected chi connectivity index (χ0v) is 11.3. The van der Waals surface area contributed by atoms with Crippen molar-refractivity contribution in [1.29, 1.82) is 0 Å². The van der Waals surface area contributed by atoms with E-state index < -0.39 is 4.92 Å². The van der Waals surface area contributed by atoms with E-state index in [0.717, 1.165) is 24.9 Å². The average molecular weight is 278 g/mol. The lowest BCUT2D eigenvalue weighted by atomic mass is 10.1. The Morgan fingerprint density at radius 2 is 2.35 bits per heavy atom. The molecule has 1 unspecified atom stereocenters. The van der Waals surface area contributed by atoms with Gasteiger partial charge in [0.1, 0.15) is 5.69 Å². The van der Waals surface area contributed by atoms with Gasteiger partial charge in [0.2, 0.25) is 5.91 Å². The second kappa shape index (κ2) is 5.87. The third-order valence-corrected chi connectivity index (χ3v) is 3.64. The second-order valence-corrected chi connectivity index (χ2v) is 4.85. The maximum absolute atomic E-state index is 11.4. The summed E-state index contributed by atoms with van der Waals surface area (Å²) in [5.41, 5.74) is 6.72. The summed E-state index contributed by atoms with van der Waals surface area (Å²) >= 11 is 0. The van der Waals surface area contributed by atoms with Gasteiger partial charge in [0.15, 0.2) is 0 Å². The van der Waals surface area contributed by atoms with E-state index in [1.807, 2.05) is 11.0 Å². The highest BCUT2D eigenvalue weighted by Crippen LogP contribution is 2.30. The molecule has 7 heteroatoms. The van der Waals surface area contributed by atoms with Gasteiger partial charge in [-0.25, -0.2) is 0 Å². The number of benzene rings is 1. The molecule has 2 rings (SSSR count). The summed E-state index contributed by atoms with van der Waals surface area (Å²) in [6, 6.07) is 4.67. The molecule has 1 saturated heterocycles. The molecule has 3 N–H and O–H groups in total. The highest BCUT2D eigenvalue weighted by atomic mass is 16.6. The van der Waals surface area contributed by atoms with E-state index in [0.29, 0.717) is 12.2 Å². The zero-order chi connectivity index (χ0) is 14.7. The number of nitrogens with zero attached hydrogens (tertiary/aromatic N) is 2. The molecule has 0 aromatic heterocycles. The number of carbonyl (C=O) groups excluding carboxylic acids is 1. The topological polar surface area (TPSA) is 102 Å². The largest absolute Gasteiger partial charge is 0.382 e. The highest BCUT2D eigenvalue weighted by molar-refractivity contribution is 5.80. The van der Waals surface area contributed by atoms with Crippen LogP contribution in [-0.2, 0) is 11.3 Å². The van der Waals surface area contributed by atoms with Crippen LogP contribution < -0.4 is 11.1 Å². The number of primary amides is 1. The number of nitrogens with two attached hydrogens (primary N) is 1. The van der Waals surface area contributed by atoms with E-state index in [4.69, 9.17) is 5.73 Å². The Bertz CT molecular complexity index is 532. The summed E-state index contributed by atoms with van der Waals surface area (Å²) in [7, 11) is 1.65. The molecule has 0 radical (unpaired) electrons. The highest BCUT2D eigenvalue weighted by Gasteiger charge is 2.30. The lowest BCUT2D eigenvalue weighted by molar-refractivity contribution is -0.384. The summed E-state index contributed by atoms with van der Waals surface area (Å²) in [4.78, 5) is 24.0. The predicted octanol–water partition coefficient (Wildman–Crippen LogP) is 1.09. The van der Waals surface area contributed by atoms with Crippen molar-refractivity contribution in [3.8, 4) is 0 Å². The molecule has 7 nitrogen and oxygen atoms in total. The minimum atomic E-state index is -0.412. The lowest BCUT2D eigenvalue weighted by Gasteiger charge is -2.23. The van der Waals surface area contributed by atoms with Crippen LogP contribution in [0.4, 0.5) is 11.4 Å². The van der Waals surface area contributed by atoms with Crippen LogP contribution in [0.1, 0.15) is 18.4 Å². The van der Waals surface area contributed by atoms with Crippen LogP contribution >= 0.6 is 0 Å². The Hall–Kier alpha value is -2.15. The molecule has 108 valence electrons. The third-order valence-electron chi connectivity index (χ3n) is 3.64. The molecule has 1 fully saturated rings. The Labute approximate surface area is 116 Å². The number of nitro benzene ring substituents is 1. The molecule has 0 spiro atoms. The number of rotatable bonds is 5. The first-order valence-corrected chi connectivity index (χ1v) is 6.52. The van der Waals surface area contributed by atoms with Crippen molar-refractivity contribution in [2.75, 3.05) is 18.9 Å². The van der Waals surface area contributed by atoms with E-state index in [1.54, 1.807) is 13.1 Å². The normalized spacial score (nSPS) is 18.9. The van der Waals surface area contributed by atoms with Crippen LogP contribution in [0.15, 0.2) is 18.2 Å².